The van der Waals surface area contributed by atoms with Crippen LogP contribution in [0.25, 0.3) is 11.2 Å². The minimum Gasteiger partial charge on any atom is -0.328 e. The van der Waals surface area contributed by atoms with E-state index in [1.54, 1.807) is 4.57 Å². The molecule has 0 aliphatic heterocycles. The Bertz CT molecular complexity index is 825. The van der Waals surface area contributed by atoms with E-state index in [2.05, 4.69) is 4.98 Å². The third kappa shape index (κ3) is 2.11. The van der Waals surface area contributed by atoms with Gasteiger partial charge in [0.15, 0.2) is 11.2 Å². The summed E-state index contributed by atoms with van der Waals surface area (Å²) in [6.45, 7) is 4.98. The van der Waals surface area contributed by atoms with E-state index in [4.69, 9.17) is 5.73 Å². The molecule has 0 spiro atoms. The predicted octanol–water partition coefficient (Wildman–Crippen LogP) is 0.704. The fourth-order valence-electron chi connectivity index (χ4n) is 2.95. The Balaban J connectivity index is 2.44. The zero-order valence-corrected chi connectivity index (χ0v) is 13.4. The van der Waals surface area contributed by atoms with Gasteiger partial charge < -0.3 is 10.3 Å². The van der Waals surface area contributed by atoms with Gasteiger partial charge in [0.1, 0.15) is 5.82 Å². The molecule has 1 aliphatic carbocycles. The molecule has 22 heavy (non-hydrogen) atoms. The van der Waals surface area contributed by atoms with Crippen LogP contribution in [-0.4, -0.2) is 25.2 Å². The van der Waals surface area contributed by atoms with E-state index in [9.17, 15) is 9.59 Å². The van der Waals surface area contributed by atoms with Crippen molar-refractivity contribution in [3.63, 3.8) is 0 Å². The molecule has 7 nitrogen and oxygen atoms in total. The SMILES string of the molecule is CCCn1c(=O)n(C)c(=O)c2c1nc(C1CC1)n2C(C)CN. The first kappa shape index (κ1) is 15.0. The maximum absolute atomic E-state index is 12.7. The van der Waals surface area contributed by atoms with Crippen molar-refractivity contribution in [2.45, 2.75) is 51.6 Å². The molecule has 120 valence electrons. The number of fused-ring (bicyclic) bond motifs is 1. The Kier molecular flexibility index (Phi) is 3.68. The molecule has 1 fully saturated rings. The second-order valence-electron chi connectivity index (χ2n) is 6.17. The summed E-state index contributed by atoms with van der Waals surface area (Å²) in [5.41, 5.74) is 6.27. The molecule has 7 heteroatoms. The third-order valence-corrected chi connectivity index (χ3v) is 4.37. The van der Waals surface area contributed by atoms with Crippen LogP contribution in [0.3, 0.4) is 0 Å². The Hall–Kier alpha value is -1.89. The molecular formula is C15H23N5O2. The highest BCUT2D eigenvalue weighted by molar-refractivity contribution is 5.71. The number of rotatable bonds is 5. The van der Waals surface area contributed by atoms with Crippen molar-refractivity contribution >= 4 is 11.2 Å². The van der Waals surface area contributed by atoms with Gasteiger partial charge in [-0.15, -0.1) is 0 Å². The van der Waals surface area contributed by atoms with Crippen LogP contribution < -0.4 is 17.0 Å². The van der Waals surface area contributed by atoms with E-state index < -0.39 is 0 Å². The van der Waals surface area contributed by atoms with Crippen LogP contribution in [0, 0.1) is 0 Å². The van der Waals surface area contributed by atoms with Gasteiger partial charge in [-0.2, -0.15) is 0 Å². The summed E-state index contributed by atoms with van der Waals surface area (Å²) in [5, 5.41) is 0. The summed E-state index contributed by atoms with van der Waals surface area (Å²) in [7, 11) is 1.53. The molecule has 3 rings (SSSR count). The van der Waals surface area contributed by atoms with E-state index >= 15 is 0 Å². The third-order valence-electron chi connectivity index (χ3n) is 4.37. The first-order chi connectivity index (χ1) is 10.5. The standard InChI is InChI=1S/C15H23N5O2/c1-4-7-19-13-11(14(21)18(3)15(19)22)20(9(2)8-16)12(17-13)10-5-6-10/h9-10H,4-8,16H2,1-3H3. The number of nitrogens with two attached hydrogens (primary N) is 1. The molecule has 0 bridgehead atoms. The van der Waals surface area contributed by atoms with Gasteiger partial charge in [0.25, 0.3) is 5.56 Å². The lowest BCUT2D eigenvalue weighted by molar-refractivity contribution is 0.544. The van der Waals surface area contributed by atoms with Gasteiger partial charge in [0, 0.05) is 32.1 Å². The highest BCUT2D eigenvalue weighted by atomic mass is 16.2. The van der Waals surface area contributed by atoms with Crippen molar-refractivity contribution in [2.75, 3.05) is 6.54 Å². The van der Waals surface area contributed by atoms with Gasteiger partial charge in [-0.1, -0.05) is 6.92 Å². The van der Waals surface area contributed by atoms with Crippen molar-refractivity contribution in [1.29, 1.82) is 0 Å². The maximum Gasteiger partial charge on any atom is 0.332 e. The summed E-state index contributed by atoms with van der Waals surface area (Å²) < 4.78 is 4.75. The van der Waals surface area contributed by atoms with E-state index in [1.165, 1.54) is 11.6 Å². The smallest absolute Gasteiger partial charge is 0.328 e. The van der Waals surface area contributed by atoms with Gasteiger partial charge in [-0.25, -0.2) is 9.78 Å². The van der Waals surface area contributed by atoms with Crippen molar-refractivity contribution in [2.24, 2.45) is 12.8 Å². The highest BCUT2D eigenvalue weighted by Gasteiger charge is 2.32. The molecule has 2 heterocycles. The van der Waals surface area contributed by atoms with Crippen LogP contribution in [0.5, 0.6) is 0 Å². The molecule has 2 N–H and O–H groups in total. The normalized spacial score (nSPS) is 16.4. The zero-order chi connectivity index (χ0) is 16.0. The van der Waals surface area contributed by atoms with Crippen LogP contribution in [0.15, 0.2) is 9.59 Å². The van der Waals surface area contributed by atoms with Crippen molar-refractivity contribution in [3.05, 3.63) is 26.7 Å². The molecule has 1 unspecified atom stereocenters. The van der Waals surface area contributed by atoms with Crippen LogP contribution in [0.1, 0.15) is 50.9 Å². The average molecular weight is 305 g/mol. The molecule has 1 atom stereocenters. The molecule has 2 aromatic rings. The molecule has 2 aromatic heterocycles. The number of hydrogen-bond donors (Lipinski definition) is 1. The molecule has 0 aromatic carbocycles. The molecule has 0 amide bonds. The van der Waals surface area contributed by atoms with Gasteiger partial charge in [-0.05, 0) is 26.2 Å². The second kappa shape index (κ2) is 5.39. The highest BCUT2D eigenvalue weighted by Crippen LogP contribution is 2.41. The van der Waals surface area contributed by atoms with Crippen LogP contribution in [0.4, 0.5) is 0 Å². The Morgan fingerprint density at radius 2 is 2.05 bits per heavy atom. The van der Waals surface area contributed by atoms with E-state index in [0.717, 1.165) is 25.1 Å². The number of nitrogens with zero attached hydrogens (tertiary/aromatic N) is 4. The molecule has 1 saturated carbocycles. The average Bonchev–Trinajstić information content (AvgIpc) is 3.28. The maximum atomic E-state index is 12.7. The van der Waals surface area contributed by atoms with Crippen LogP contribution >= 0.6 is 0 Å². The molecular weight excluding hydrogens is 282 g/mol. The van der Waals surface area contributed by atoms with Crippen LogP contribution in [0.2, 0.25) is 0 Å². The molecule has 1 aliphatic rings. The number of hydrogen-bond acceptors (Lipinski definition) is 4. The summed E-state index contributed by atoms with van der Waals surface area (Å²) in [6, 6.07) is -0.0131. The molecule has 0 radical (unpaired) electrons. The van der Waals surface area contributed by atoms with E-state index in [-0.39, 0.29) is 17.3 Å². The van der Waals surface area contributed by atoms with E-state index in [1.807, 2.05) is 18.4 Å². The summed E-state index contributed by atoms with van der Waals surface area (Å²) in [4.78, 5) is 29.7. The minimum atomic E-state index is -0.299. The number of aryl methyl sites for hydroxylation is 1. The largest absolute Gasteiger partial charge is 0.332 e. The topological polar surface area (TPSA) is 87.8 Å². The Morgan fingerprint density at radius 1 is 1.36 bits per heavy atom. The van der Waals surface area contributed by atoms with Crippen molar-refractivity contribution < 1.29 is 0 Å². The second-order valence-corrected chi connectivity index (χ2v) is 6.17. The zero-order valence-electron chi connectivity index (χ0n) is 13.4. The molecule has 0 saturated heterocycles. The van der Waals surface area contributed by atoms with Gasteiger partial charge in [0.2, 0.25) is 0 Å². The summed E-state index contributed by atoms with van der Waals surface area (Å²) >= 11 is 0. The lowest BCUT2D eigenvalue weighted by Gasteiger charge is -2.15. The van der Waals surface area contributed by atoms with Gasteiger partial charge >= 0.3 is 5.69 Å². The Morgan fingerprint density at radius 3 is 2.59 bits per heavy atom. The van der Waals surface area contributed by atoms with Crippen LogP contribution in [-0.2, 0) is 13.6 Å². The monoisotopic (exact) mass is 305 g/mol. The first-order valence-corrected chi connectivity index (χ1v) is 7.92. The fraction of sp³-hybridized carbons (Fsp3) is 0.667. The van der Waals surface area contributed by atoms with Crippen molar-refractivity contribution in [1.82, 2.24) is 18.7 Å². The summed E-state index contributed by atoms with van der Waals surface area (Å²) in [5.74, 6) is 1.29. The number of aromatic nitrogens is 4. The lowest BCUT2D eigenvalue weighted by atomic mass is 10.3. The lowest BCUT2D eigenvalue weighted by Crippen LogP contribution is -2.39. The number of imidazole rings is 1. The van der Waals surface area contributed by atoms with Crippen molar-refractivity contribution in [3.8, 4) is 0 Å². The fourth-order valence-corrected chi connectivity index (χ4v) is 2.95. The first-order valence-electron chi connectivity index (χ1n) is 7.92. The summed E-state index contributed by atoms with van der Waals surface area (Å²) in [6.07, 6.45) is 2.98. The predicted molar refractivity (Wildman–Crippen MR) is 85.3 cm³/mol. The quantitative estimate of drug-likeness (QED) is 0.881. The van der Waals surface area contributed by atoms with Gasteiger partial charge in [0.05, 0.1) is 0 Å². The van der Waals surface area contributed by atoms with E-state index in [0.29, 0.717) is 30.2 Å². The van der Waals surface area contributed by atoms with Gasteiger partial charge in [-0.3, -0.25) is 13.9 Å². The minimum absolute atomic E-state index is 0.0131. The Labute approximate surface area is 128 Å².